The van der Waals surface area contributed by atoms with Crippen molar-refractivity contribution in [2.45, 2.75) is 18.0 Å². The lowest BCUT2D eigenvalue weighted by molar-refractivity contribution is -0.150. The third-order valence-electron chi connectivity index (χ3n) is 4.79. The van der Waals surface area contributed by atoms with Crippen LogP contribution < -0.4 is 16.0 Å². The quantitative estimate of drug-likeness (QED) is 0.323. The number of carbonyl (C=O) groups is 2. The van der Waals surface area contributed by atoms with Gasteiger partial charge in [-0.25, -0.2) is 8.42 Å². The lowest BCUT2D eigenvalue weighted by Crippen LogP contribution is -2.55. The Hall–Kier alpha value is -2.99. The Labute approximate surface area is 197 Å². The smallest absolute Gasteiger partial charge is 0.259 e. The van der Waals surface area contributed by atoms with E-state index in [-0.39, 0.29) is 37.1 Å². The zero-order valence-corrected chi connectivity index (χ0v) is 19.4. The zero-order valence-electron chi connectivity index (χ0n) is 17.7. The van der Waals surface area contributed by atoms with Crippen LogP contribution >= 0.6 is 12.4 Å². The molecule has 12 heteroatoms. The number of hydrogen-bond donors (Lipinski definition) is 4. The molecule has 0 radical (unpaired) electrons. The summed E-state index contributed by atoms with van der Waals surface area (Å²) < 4.78 is 28.5. The number of benzene rings is 2. The molecule has 3 rings (SSSR count). The lowest BCUT2D eigenvalue weighted by atomic mass is 10.1. The molecule has 178 valence electrons. The van der Waals surface area contributed by atoms with Gasteiger partial charge in [-0.3, -0.25) is 15.0 Å². The highest BCUT2D eigenvalue weighted by Crippen LogP contribution is 2.23. The summed E-state index contributed by atoms with van der Waals surface area (Å²) in [7, 11) is -3.25. The number of nitrogens with one attached hydrogen (secondary N) is 2. The van der Waals surface area contributed by atoms with Gasteiger partial charge in [0.05, 0.1) is 12.4 Å². The van der Waals surface area contributed by atoms with Crippen LogP contribution in [0.4, 0.5) is 11.4 Å². The number of nitrogens with zero attached hydrogens (tertiary/aromatic N) is 1. The van der Waals surface area contributed by atoms with E-state index in [1.807, 2.05) is 0 Å². The molecule has 0 saturated carbocycles. The number of aliphatic hydroxyl groups is 1. The first-order chi connectivity index (χ1) is 15.0. The molecule has 10 nitrogen and oxygen atoms in total. The molecule has 33 heavy (non-hydrogen) atoms. The number of aliphatic hydroxyl groups excluding tert-OH is 1. The number of amides is 2. The maximum atomic E-state index is 12.9. The second-order valence-electron chi connectivity index (χ2n) is 7.45. The molecular formula is C21H25ClN4O6S. The molecular weight excluding hydrogens is 472 g/mol. The van der Waals surface area contributed by atoms with Crippen molar-refractivity contribution >= 4 is 51.3 Å². The van der Waals surface area contributed by atoms with Crippen molar-refractivity contribution in [1.82, 2.24) is 0 Å². The third-order valence-corrected chi connectivity index (χ3v) is 5.65. The van der Waals surface area contributed by atoms with Crippen molar-refractivity contribution in [2.75, 3.05) is 29.6 Å². The summed E-state index contributed by atoms with van der Waals surface area (Å²) >= 11 is 0. The molecule has 0 unspecified atom stereocenters. The highest BCUT2D eigenvalue weighted by Gasteiger charge is 2.39. The van der Waals surface area contributed by atoms with Gasteiger partial charge in [-0.2, -0.15) is 0 Å². The van der Waals surface area contributed by atoms with E-state index >= 15 is 0 Å². The minimum atomic E-state index is -3.25. The summed E-state index contributed by atoms with van der Waals surface area (Å²) in [4.78, 5) is 26.8. The Morgan fingerprint density at radius 2 is 1.97 bits per heavy atom. The van der Waals surface area contributed by atoms with E-state index in [9.17, 15) is 23.1 Å². The number of morpholine rings is 1. The minimum absolute atomic E-state index is 0. The number of anilines is 2. The van der Waals surface area contributed by atoms with Crippen LogP contribution in [0.5, 0.6) is 0 Å². The molecule has 0 spiro atoms. The maximum Gasteiger partial charge on any atom is 0.259 e. The molecule has 0 bridgehead atoms. The molecule has 0 aromatic heterocycles. The third kappa shape index (κ3) is 6.75. The number of ether oxygens (including phenoxy) is 1. The number of amidine groups is 1. The number of rotatable bonds is 7. The SMILES string of the molecule is CS(=O)(=O)Cc1cccc(N2CCO[C@H]([C@@H](O)C(=O)Nc3ccc(C(=N)N)cc3)C2=O)c1.Cl. The van der Waals surface area contributed by atoms with Gasteiger partial charge in [0.1, 0.15) is 5.84 Å². The van der Waals surface area contributed by atoms with Gasteiger partial charge in [-0.15, -0.1) is 12.4 Å². The van der Waals surface area contributed by atoms with Gasteiger partial charge in [0, 0.05) is 29.7 Å². The molecule has 2 amide bonds. The Bertz CT molecular complexity index is 1140. The lowest BCUT2D eigenvalue weighted by Gasteiger charge is -2.34. The number of sulfone groups is 1. The number of halogens is 1. The van der Waals surface area contributed by atoms with Gasteiger partial charge < -0.3 is 25.8 Å². The first kappa shape index (κ1) is 26.3. The van der Waals surface area contributed by atoms with Crippen LogP contribution in [0.15, 0.2) is 48.5 Å². The Morgan fingerprint density at radius 3 is 2.58 bits per heavy atom. The molecule has 5 N–H and O–H groups in total. The largest absolute Gasteiger partial charge is 0.384 e. The zero-order chi connectivity index (χ0) is 23.5. The summed E-state index contributed by atoms with van der Waals surface area (Å²) in [6.45, 7) is 0.281. The predicted molar refractivity (Wildman–Crippen MR) is 126 cm³/mol. The second kappa shape index (κ2) is 10.8. The Morgan fingerprint density at radius 1 is 1.30 bits per heavy atom. The van der Waals surface area contributed by atoms with Crippen LogP contribution in [0.25, 0.3) is 0 Å². The van der Waals surface area contributed by atoms with E-state index in [1.54, 1.807) is 24.3 Å². The van der Waals surface area contributed by atoms with E-state index in [2.05, 4.69) is 5.32 Å². The first-order valence-corrected chi connectivity index (χ1v) is 11.7. The molecule has 1 fully saturated rings. The van der Waals surface area contributed by atoms with Crippen molar-refractivity contribution in [2.24, 2.45) is 5.73 Å². The van der Waals surface area contributed by atoms with Crippen LogP contribution in [-0.2, 0) is 29.9 Å². The molecule has 2 atom stereocenters. The molecule has 0 aliphatic carbocycles. The van der Waals surface area contributed by atoms with Gasteiger partial charge in [0.15, 0.2) is 22.0 Å². The molecule has 1 heterocycles. The molecule has 1 saturated heterocycles. The molecule has 2 aromatic rings. The van der Waals surface area contributed by atoms with Crippen molar-refractivity contribution in [3.05, 3.63) is 59.7 Å². The maximum absolute atomic E-state index is 12.9. The van der Waals surface area contributed by atoms with E-state index < -0.39 is 33.9 Å². The molecule has 1 aliphatic rings. The van der Waals surface area contributed by atoms with Gasteiger partial charge in [0.25, 0.3) is 11.8 Å². The molecule has 2 aromatic carbocycles. The average molecular weight is 497 g/mol. The van der Waals surface area contributed by atoms with Crippen LogP contribution in [0, 0.1) is 5.41 Å². The number of hydrogen-bond acceptors (Lipinski definition) is 7. The average Bonchev–Trinajstić information content (AvgIpc) is 2.72. The highest BCUT2D eigenvalue weighted by molar-refractivity contribution is 7.89. The van der Waals surface area contributed by atoms with E-state index in [0.717, 1.165) is 6.26 Å². The fourth-order valence-electron chi connectivity index (χ4n) is 3.29. The first-order valence-electron chi connectivity index (χ1n) is 9.68. The summed E-state index contributed by atoms with van der Waals surface area (Å²) in [5.74, 6) is -1.73. The predicted octanol–water partition coefficient (Wildman–Crippen LogP) is 0.668. The minimum Gasteiger partial charge on any atom is -0.384 e. The van der Waals surface area contributed by atoms with Crippen molar-refractivity contribution < 1.29 is 27.9 Å². The summed E-state index contributed by atoms with van der Waals surface area (Å²) in [6.07, 6.45) is -2.06. The summed E-state index contributed by atoms with van der Waals surface area (Å²) in [5.41, 5.74) is 7.20. The standard InChI is InChI=1S/C21H24N4O6S.ClH/c1-32(29,30)12-13-3-2-4-16(11-13)25-9-10-31-18(21(25)28)17(26)20(27)24-15-7-5-14(6-8-15)19(22)23;/h2-8,11,17-18,26H,9-10,12H2,1H3,(H3,22,23)(H,24,27);1H/t17-,18-;/m1./s1. The van der Waals surface area contributed by atoms with Crippen molar-refractivity contribution in [1.29, 1.82) is 5.41 Å². The van der Waals surface area contributed by atoms with Crippen LogP contribution in [0.1, 0.15) is 11.1 Å². The molecule has 1 aliphatic heterocycles. The fraction of sp³-hybridized carbons (Fsp3) is 0.286. The number of nitrogens with two attached hydrogens (primary N) is 1. The van der Waals surface area contributed by atoms with Gasteiger partial charge in [0.2, 0.25) is 0 Å². The number of nitrogen functional groups attached to an aromatic ring is 1. The van der Waals surface area contributed by atoms with E-state index in [4.69, 9.17) is 15.9 Å². The topological polar surface area (TPSA) is 163 Å². The van der Waals surface area contributed by atoms with Crippen LogP contribution in [0.2, 0.25) is 0 Å². The van der Waals surface area contributed by atoms with Crippen LogP contribution in [-0.4, -0.2) is 62.8 Å². The second-order valence-corrected chi connectivity index (χ2v) is 9.59. The number of carbonyl (C=O) groups excluding carboxylic acids is 2. The van der Waals surface area contributed by atoms with Gasteiger partial charge in [-0.05, 0) is 42.0 Å². The monoisotopic (exact) mass is 496 g/mol. The van der Waals surface area contributed by atoms with Crippen molar-refractivity contribution in [3.8, 4) is 0 Å². The van der Waals surface area contributed by atoms with E-state index in [1.165, 1.54) is 29.2 Å². The van der Waals surface area contributed by atoms with Gasteiger partial charge >= 0.3 is 0 Å². The summed E-state index contributed by atoms with van der Waals surface area (Å²) in [6, 6.07) is 12.6. The van der Waals surface area contributed by atoms with Crippen LogP contribution in [0.3, 0.4) is 0 Å². The van der Waals surface area contributed by atoms with Gasteiger partial charge in [-0.1, -0.05) is 12.1 Å². The Kier molecular flexibility index (Phi) is 8.56. The van der Waals surface area contributed by atoms with E-state index in [0.29, 0.717) is 22.5 Å². The highest BCUT2D eigenvalue weighted by atomic mass is 35.5. The Balaban J connectivity index is 0.00000385. The van der Waals surface area contributed by atoms with Crippen molar-refractivity contribution in [3.63, 3.8) is 0 Å². The normalized spacial score (nSPS) is 17.1. The summed E-state index contributed by atoms with van der Waals surface area (Å²) in [5, 5.41) is 20.3. The fourth-order valence-corrected chi connectivity index (χ4v) is 4.08.